The van der Waals surface area contributed by atoms with E-state index in [2.05, 4.69) is 24.9 Å². The van der Waals surface area contributed by atoms with Crippen LogP contribution < -0.4 is 0 Å². The van der Waals surface area contributed by atoms with Gasteiger partial charge >= 0.3 is 0 Å². The molecule has 0 aromatic heterocycles. The van der Waals surface area contributed by atoms with Crippen LogP contribution in [0.1, 0.15) is 32.3 Å². The van der Waals surface area contributed by atoms with Crippen LogP contribution in [-0.2, 0) is 4.74 Å². The Bertz CT molecular complexity index is 305. The fraction of sp³-hybridized carbons (Fsp3) is 0.417. The second-order valence-electron chi connectivity index (χ2n) is 3.40. The van der Waals surface area contributed by atoms with Gasteiger partial charge in [0.05, 0.1) is 12.3 Å². The van der Waals surface area contributed by atoms with Crippen molar-refractivity contribution < 1.29 is 4.74 Å². The van der Waals surface area contributed by atoms with Gasteiger partial charge in [0.1, 0.15) is 0 Å². The van der Waals surface area contributed by atoms with Crippen molar-refractivity contribution in [2.24, 2.45) is 4.99 Å². The number of ether oxygens (including phenoxy) is 1. The van der Waals surface area contributed by atoms with E-state index >= 15 is 0 Å². The smallest absolute Gasteiger partial charge is 0.174 e. The summed E-state index contributed by atoms with van der Waals surface area (Å²) >= 11 is 0. The molecule has 0 aliphatic rings. The van der Waals surface area contributed by atoms with Gasteiger partial charge in [0.2, 0.25) is 0 Å². The third kappa shape index (κ3) is 2.87. The van der Waals surface area contributed by atoms with Crippen LogP contribution in [-0.4, -0.2) is 13.0 Å². The minimum Gasteiger partial charge on any atom is -0.483 e. The molecule has 1 aromatic carbocycles. The van der Waals surface area contributed by atoms with E-state index in [-0.39, 0.29) is 0 Å². The highest BCUT2D eigenvalue weighted by Gasteiger charge is 2.03. The number of para-hydroxylation sites is 1. The van der Waals surface area contributed by atoms with E-state index in [9.17, 15) is 0 Å². The highest BCUT2D eigenvalue weighted by molar-refractivity contribution is 5.59. The fourth-order valence-corrected chi connectivity index (χ4v) is 1.26. The third-order valence-corrected chi connectivity index (χ3v) is 1.99. The Balaban J connectivity index is 2.84. The molecule has 0 radical (unpaired) electrons. The van der Waals surface area contributed by atoms with Crippen molar-refractivity contribution in [3.63, 3.8) is 0 Å². The van der Waals surface area contributed by atoms with Gasteiger partial charge < -0.3 is 4.74 Å². The molecule has 0 amide bonds. The van der Waals surface area contributed by atoms with Crippen molar-refractivity contribution >= 4 is 12.1 Å². The first kappa shape index (κ1) is 10.8. The summed E-state index contributed by atoms with van der Waals surface area (Å²) in [5.41, 5.74) is 2.25. The van der Waals surface area contributed by atoms with Crippen LogP contribution in [0.2, 0.25) is 0 Å². The summed E-state index contributed by atoms with van der Waals surface area (Å²) in [6.45, 7) is 6.93. The second kappa shape index (κ2) is 5.43. The summed E-state index contributed by atoms with van der Waals surface area (Å²) in [6, 6.07) is 8.13. The molecule has 0 unspecified atom stereocenters. The maximum Gasteiger partial charge on any atom is 0.174 e. The van der Waals surface area contributed by atoms with Gasteiger partial charge in [-0.15, -0.1) is 0 Å². The van der Waals surface area contributed by atoms with E-state index in [0.29, 0.717) is 12.5 Å². The normalized spacial score (nSPS) is 11.1. The average Bonchev–Trinajstić information content (AvgIpc) is 2.19. The van der Waals surface area contributed by atoms with Gasteiger partial charge in [0.15, 0.2) is 6.40 Å². The number of hydrogen-bond donors (Lipinski definition) is 0. The van der Waals surface area contributed by atoms with Crippen molar-refractivity contribution in [1.82, 2.24) is 0 Å². The summed E-state index contributed by atoms with van der Waals surface area (Å²) in [6.07, 6.45) is 1.52. The SMILES string of the molecule is CCO/C=N\c1ccccc1C(C)C. The molecule has 2 nitrogen and oxygen atoms in total. The number of rotatable bonds is 4. The molecule has 0 saturated carbocycles. The van der Waals surface area contributed by atoms with Crippen LogP contribution >= 0.6 is 0 Å². The predicted octanol–water partition coefficient (Wildman–Crippen LogP) is 3.51. The van der Waals surface area contributed by atoms with Gasteiger partial charge in [-0.3, -0.25) is 0 Å². The Hall–Kier alpha value is -1.31. The summed E-state index contributed by atoms with van der Waals surface area (Å²) < 4.78 is 5.08. The Morgan fingerprint density at radius 3 is 2.71 bits per heavy atom. The zero-order valence-electron chi connectivity index (χ0n) is 9.03. The molecule has 14 heavy (non-hydrogen) atoms. The molecule has 0 atom stereocenters. The first-order valence-electron chi connectivity index (χ1n) is 4.98. The van der Waals surface area contributed by atoms with Crippen LogP contribution in [0, 0.1) is 0 Å². The minimum atomic E-state index is 0.491. The van der Waals surface area contributed by atoms with E-state index < -0.39 is 0 Å². The molecule has 76 valence electrons. The van der Waals surface area contributed by atoms with Crippen LogP contribution in [0.5, 0.6) is 0 Å². The standard InChI is InChI=1S/C12H17NO/c1-4-14-9-13-12-8-6-5-7-11(12)10(2)3/h5-10H,4H2,1-3H3/b13-9-. The lowest BCUT2D eigenvalue weighted by molar-refractivity contribution is 0.344. The van der Waals surface area contributed by atoms with Gasteiger partial charge in [-0.05, 0) is 24.5 Å². The zero-order chi connectivity index (χ0) is 10.4. The second-order valence-corrected chi connectivity index (χ2v) is 3.40. The van der Waals surface area contributed by atoms with Gasteiger partial charge in [-0.25, -0.2) is 4.99 Å². The van der Waals surface area contributed by atoms with Crippen molar-refractivity contribution in [3.8, 4) is 0 Å². The van der Waals surface area contributed by atoms with Gasteiger partial charge in [0, 0.05) is 0 Å². The minimum absolute atomic E-state index is 0.491. The molecule has 0 N–H and O–H groups in total. The summed E-state index contributed by atoms with van der Waals surface area (Å²) in [5.74, 6) is 0.491. The van der Waals surface area contributed by atoms with Crippen LogP contribution in [0.25, 0.3) is 0 Å². The molecular formula is C12H17NO. The quantitative estimate of drug-likeness (QED) is 0.527. The summed E-state index contributed by atoms with van der Waals surface area (Å²) in [5, 5.41) is 0. The van der Waals surface area contributed by atoms with Crippen LogP contribution in [0.3, 0.4) is 0 Å². The molecule has 0 fully saturated rings. The van der Waals surface area contributed by atoms with E-state index in [1.807, 2.05) is 25.1 Å². The average molecular weight is 191 g/mol. The fourth-order valence-electron chi connectivity index (χ4n) is 1.26. The van der Waals surface area contributed by atoms with E-state index in [0.717, 1.165) is 5.69 Å². The Labute approximate surface area is 85.6 Å². The lowest BCUT2D eigenvalue weighted by atomic mass is 10.0. The lowest BCUT2D eigenvalue weighted by Crippen LogP contribution is -1.89. The largest absolute Gasteiger partial charge is 0.483 e. The van der Waals surface area contributed by atoms with E-state index in [1.54, 1.807) is 0 Å². The zero-order valence-corrected chi connectivity index (χ0v) is 9.03. The molecular weight excluding hydrogens is 174 g/mol. The molecule has 0 bridgehead atoms. The lowest BCUT2D eigenvalue weighted by Gasteiger charge is -2.07. The summed E-state index contributed by atoms with van der Waals surface area (Å²) in [7, 11) is 0. The topological polar surface area (TPSA) is 21.6 Å². The highest BCUT2D eigenvalue weighted by Crippen LogP contribution is 2.25. The number of aliphatic imine (C=N–C) groups is 1. The highest BCUT2D eigenvalue weighted by atomic mass is 16.5. The molecule has 0 aliphatic heterocycles. The van der Waals surface area contributed by atoms with Crippen LogP contribution in [0.15, 0.2) is 29.3 Å². The van der Waals surface area contributed by atoms with Crippen LogP contribution in [0.4, 0.5) is 5.69 Å². The van der Waals surface area contributed by atoms with Crippen molar-refractivity contribution in [1.29, 1.82) is 0 Å². The molecule has 0 aliphatic carbocycles. The first-order valence-corrected chi connectivity index (χ1v) is 4.98. The maximum atomic E-state index is 5.08. The van der Waals surface area contributed by atoms with Gasteiger partial charge in [-0.1, -0.05) is 32.0 Å². The Kier molecular flexibility index (Phi) is 4.17. The maximum absolute atomic E-state index is 5.08. The number of hydrogen-bond acceptors (Lipinski definition) is 2. The molecule has 1 aromatic rings. The van der Waals surface area contributed by atoms with Crippen molar-refractivity contribution in [2.75, 3.05) is 6.61 Å². The van der Waals surface area contributed by atoms with Gasteiger partial charge in [0.25, 0.3) is 0 Å². The molecule has 1 rings (SSSR count). The third-order valence-electron chi connectivity index (χ3n) is 1.99. The van der Waals surface area contributed by atoms with Crippen molar-refractivity contribution in [3.05, 3.63) is 29.8 Å². The molecule has 0 saturated heterocycles. The van der Waals surface area contributed by atoms with E-state index in [4.69, 9.17) is 4.74 Å². The number of benzene rings is 1. The summed E-state index contributed by atoms with van der Waals surface area (Å²) in [4.78, 5) is 4.27. The first-order chi connectivity index (χ1) is 6.75. The Morgan fingerprint density at radius 2 is 2.07 bits per heavy atom. The molecule has 2 heteroatoms. The van der Waals surface area contributed by atoms with Gasteiger partial charge in [-0.2, -0.15) is 0 Å². The molecule has 0 spiro atoms. The monoisotopic (exact) mass is 191 g/mol. The number of nitrogens with zero attached hydrogens (tertiary/aromatic N) is 1. The molecule has 0 heterocycles. The van der Waals surface area contributed by atoms with Crippen molar-refractivity contribution in [2.45, 2.75) is 26.7 Å². The predicted molar refractivity (Wildman–Crippen MR) is 60.3 cm³/mol. The Morgan fingerprint density at radius 1 is 1.36 bits per heavy atom. The van der Waals surface area contributed by atoms with E-state index in [1.165, 1.54) is 12.0 Å².